The van der Waals surface area contributed by atoms with Crippen LogP contribution in [-0.2, 0) is 0 Å². The van der Waals surface area contributed by atoms with Crippen molar-refractivity contribution in [1.29, 1.82) is 0 Å². The lowest BCUT2D eigenvalue weighted by molar-refractivity contribution is 0.231. The van der Waals surface area contributed by atoms with Gasteiger partial charge in [0, 0.05) is 6.54 Å². The lowest BCUT2D eigenvalue weighted by Gasteiger charge is -1.81. The second-order valence-electron chi connectivity index (χ2n) is 0.982. The van der Waals surface area contributed by atoms with Crippen molar-refractivity contribution in [3.63, 3.8) is 0 Å². The molecule has 0 saturated carbocycles. The van der Waals surface area contributed by atoms with Gasteiger partial charge in [-0.15, -0.1) is 0 Å². The molecule has 0 aliphatic heterocycles. The van der Waals surface area contributed by atoms with Crippen LogP contribution in [0.5, 0.6) is 0 Å². The molecule has 0 bridgehead atoms. The summed E-state index contributed by atoms with van der Waals surface area (Å²) in [6, 6.07) is 0. The Morgan fingerprint density at radius 1 is 1.71 bits per heavy atom. The van der Waals surface area contributed by atoms with Gasteiger partial charge in [0.1, 0.15) is 0 Å². The van der Waals surface area contributed by atoms with Gasteiger partial charge in [-0.05, 0) is 6.92 Å². The van der Waals surface area contributed by atoms with E-state index in [2.05, 4.69) is 4.99 Å². The number of aliphatic imine (C=N–C) groups is 1. The molecule has 0 heterocycles. The fourth-order valence-corrected chi connectivity index (χ4v) is 0.185. The van der Waals surface area contributed by atoms with Gasteiger partial charge < -0.3 is 0 Å². The van der Waals surface area contributed by atoms with E-state index < -0.39 is 6.43 Å². The summed E-state index contributed by atoms with van der Waals surface area (Å²) in [5.41, 5.74) is 0. The van der Waals surface area contributed by atoms with Crippen molar-refractivity contribution in [2.45, 2.75) is 13.3 Å². The molecule has 0 fully saturated rings. The van der Waals surface area contributed by atoms with E-state index in [1.54, 1.807) is 6.92 Å². The number of nitrogens with zero attached hydrogens (tertiary/aromatic N) is 1. The van der Waals surface area contributed by atoms with E-state index in [9.17, 15) is 8.78 Å². The van der Waals surface area contributed by atoms with Crippen LogP contribution in [0.3, 0.4) is 0 Å². The summed E-state index contributed by atoms with van der Waals surface area (Å²) >= 11 is 0. The molecule has 1 nitrogen and oxygen atoms in total. The Labute approximate surface area is 41.1 Å². The van der Waals surface area contributed by atoms with Crippen molar-refractivity contribution in [3.8, 4) is 0 Å². The van der Waals surface area contributed by atoms with Crippen LogP contribution in [0.1, 0.15) is 6.92 Å². The first-order chi connectivity index (χ1) is 3.27. The Kier molecular flexibility index (Phi) is 3.46. The summed E-state index contributed by atoms with van der Waals surface area (Å²) in [6.45, 7) is 2.14. The van der Waals surface area contributed by atoms with Crippen molar-refractivity contribution >= 4 is 6.21 Å². The van der Waals surface area contributed by atoms with Crippen molar-refractivity contribution in [2.75, 3.05) is 6.54 Å². The van der Waals surface area contributed by atoms with Crippen LogP contribution in [0.15, 0.2) is 4.99 Å². The van der Waals surface area contributed by atoms with E-state index in [1.165, 1.54) is 0 Å². The maximum atomic E-state index is 11.1. The number of hydrogen-bond acceptors (Lipinski definition) is 1. The van der Waals surface area contributed by atoms with Gasteiger partial charge in [-0.25, -0.2) is 8.78 Å². The lowest BCUT2D eigenvalue weighted by Crippen LogP contribution is -1.89. The molecule has 0 spiro atoms. The predicted molar refractivity (Wildman–Crippen MR) is 25.0 cm³/mol. The minimum atomic E-state index is -2.39. The molecule has 0 aliphatic rings. The molecular weight excluding hydrogens is 100 g/mol. The minimum absolute atomic E-state index is 0.435. The first kappa shape index (κ1) is 6.53. The van der Waals surface area contributed by atoms with Crippen LogP contribution in [0.25, 0.3) is 0 Å². The summed E-state index contributed by atoms with van der Waals surface area (Å²) < 4.78 is 22.1. The average Bonchev–Trinajstić information content (AvgIpc) is 1.61. The summed E-state index contributed by atoms with van der Waals surface area (Å²) in [6.07, 6.45) is -1.75. The number of alkyl halides is 2. The molecule has 0 aromatic heterocycles. The number of hydrogen-bond donors (Lipinski definition) is 0. The van der Waals surface area contributed by atoms with E-state index in [1.807, 2.05) is 0 Å². The maximum Gasteiger partial charge on any atom is 0.273 e. The molecule has 0 rings (SSSR count). The summed E-state index contributed by atoms with van der Waals surface area (Å²) in [5, 5.41) is 0. The van der Waals surface area contributed by atoms with Crippen molar-refractivity contribution in [3.05, 3.63) is 0 Å². The molecule has 0 unspecified atom stereocenters. The van der Waals surface area contributed by atoms with Crippen LogP contribution in [0.2, 0.25) is 0 Å². The number of rotatable bonds is 2. The number of halogens is 2. The first-order valence-electron chi connectivity index (χ1n) is 2.05. The second-order valence-corrected chi connectivity index (χ2v) is 0.982. The fraction of sp³-hybridized carbons (Fsp3) is 0.750. The van der Waals surface area contributed by atoms with Crippen LogP contribution in [0.4, 0.5) is 8.78 Å². The highest BCUT2D eigenvalue weighted by Gasteiger charge is 1.90. The molecule has 3 heteroatoms. The lowest BCUT2D eigenvalue weighted by atomic mass is 10.7. The van der Waals surface area contributed by atoms with E-state index in [4.69, 9.17) is 0 Å². The van der Waals surface area contributed by atoms with Crippen LogP contribution in [0, 0.1) is 0 Å². The van der Waals surface area contributed by atoms with Gasteiger partial charge in [0.05, 0.1) is 6.21 Å². The van der Waals surface area contributed by atoms with E-state index >= 15 is 0 Å². The molecule has 0 atom stereocenters. The van der Waals surface area contributed by atoms with Gasteiger partial charge in [0.15, 0.2) is 0 Å². The highest BCUT2D eigenvalue weighted by Crippen LogP contribution is 1.84. The molecule has 0 N–H and O–H groups in total. The quantitative estimate of drug-likeness (QED) is 0.472. The minimum Gasteiger partial charge on any atom is -0.292 e. The Hall–Kier alpha value is -0.470. The molecule has 0 aromatic carbocycles. The third kappa shape index (κ3) is 5.53. The third-order valence-electron chi connectivity index (χ3n) is 0.401. The molecule has 42 valence electrons. The zero-order chi connectivity index (χ0) is 5.70. The summed E-state index contributed by atoms with van der Waals surface area (Å²) in [4.78, 5) is 3.30. The first-order valence-corrected chi connectivity index (χ1v) is 2.05. The average molecular weight is 107 g/mol. The Balaban J connectivity index is 3.08. The van der Waals surface area contributed by atoms with Crippen molar-refractivity contribution in [1.82, 2.24) is 0 Å². The highest BCUT2D eigenvalue weighted by molar-refractivity contribution is 5.60. The Morgan fingerprint density at radius 2 is 2.29 bits per heavy atom. The van der Waals surface area contributed by atoms with Crippen LogP contribution < -0.4 is 0 Å². The van der Waals surface area contributed by atoms with Crippen molar-refractivity contribution in [2.24, 2.45) is 4.99 Å². The molecule has 0 saturated heterocycles. The van der Waals surface area contributed by atoms with Gasteiger partial charge in [0.2, 0.25) is 0 Å². The van der Waals surface area contributed by atoms with Crippen LogP contribution >= 0.6 is 0 Å². The van der Waals surface area contributed by atoms with Crippen molar-refractivity contribution < 1.29 is 8.78 Å². The Morgan fingerprint density at radius 3 is 2.43 bits per heavy atom. The molecular formula is C4H7F2N. The van der Waals surface area contributed by atoms with Gasteiger partial charge >= 0.3 is 0 Å². The second kappa shape index (κ2) is 3.71. The largest absolute Gasteiger partial charge is 0.292 e. The molecule has 7 heavy (non-hydrogen) atoms. The zero-order valence-corrected chi connectivity index (χ0v) is 4.06. The van der Waals surface area contributed by atoms with Gasteiger partial charge in [-0.3, -0.25) is 4.99 Å². The monoisotopic (exact) mass is 107 g/mol. The van der Waals surface area contributed by atoms with Gasteiger partial charge in [-0.1, -0.05) is 0 Å². The SMILES string of the molecule is CCN=CC(F)F. The van der Waals surface area contributed by atoms with E-state index in [0.717, 1.165) is 0 Å². The predicted octanol–water partition coefficient (Wildman–Crippen LogP) is 1.34. The zero-order valence-electron chi connectivity index (χ0n) is 4.06. The summed E-state index contributed by atoms with van der Waals surface area (Å²) in [7, 11) is 0. The maximum absolute atomic E-state index is 11.1. The van der Waals surface area contributed by atoms with E-state index in [-0.39, 0.29) is 0 Å². The van der Waals surface area contributed by atoms with Crippen LogP contribution in [-0.4, -0.2) is 19.2 Å². The summed E-state index contributed by atoms with van der Waals surface area (Å²) in [5.74, 6) is 0. The van der Waals surface area contributed by atoms with E-state index in [0.29, 0.717) is 12.8 Å². The molecule has 0 aliphatic carbocycles. The highest BCUT2D eigenvalue weighted by atomic mass is 19.3. The topological polar surface area (TPSA) is 12.4 Å². The normalized spacial score (nSPS) is 11.4. The van der Waals surface area contributed by atoms with Gasteiger partial charge in [0.25, 0.3) is 6.43 Å². The standard InChI is InChI=1S/C4H7F2N/c1-2-7-3-4(5)6/h3-4H,2H2,1H3. The fourth-order valence-electron chi connectivity index (χ4n) is 0.185. The smallest absolute Gasteiger partial charge is 0.273 e. The van der Waals surface area contributed by atoms with Gasteiger partial charge in [-0.2, -0.15) is 0 Å². The molecule has 0 radical (unpaired) electrons. The molecule has 0 aromatic rings. The molecule has 0 amide bonds. The Bertz CT molecular complexity index is 60.7. The third-order valence-corrected chi connectivity index (χ3v) is 0.401.